The topological polar surface area (TPSA) is 0 Å². The van der Waals surface area contributed by atoms with Crippen LogP contribution in [-0.4, -0.2) is 0 Å². The van der Waals surface area contributed by atoms with E-state index in [9.17, 15) is 0 Å². The van der Waals surface area contributed by atoms with E-state index in [0.717, 1.165) is 4.47 Å². The third-order valence-corrected chi connectivity index (χ3v) is 7.37. The molecule has 0 spiro atoms. The molecule has 0 saturated carbocycles. The molecule has 0 saturated heterocycles. The van der Waals surface area contributed by atoms with Crippen LogP contribution in [0.15, 0.2) is 95.5 Å². The van der Waals surface area contributed by atoms with Gasteiger partial charge >= 0.3 is 0 Å². The van der Waals surface area contributed by atoms with E-state index in [-0.39, 0.29) is 0 Å². The highest BCUT2D eigenvalue weighted by Gasteiger charge is 2.14. The summed E-state index contributed by atoms with van der Waals surface area (Å²) in [5.41, 5.74) is 2.55. The van der Waals surface area contributed by atoms with Gasteiger partial charge in [0, 0.05) is 24.6 Å². The SMILES string of the molecule is Brc1cc(-c2cccc3sc4c5ccccc5ccc4c23)cc2ccccc12. The summed E-state index contributed by atoms with van der Waals surface area (Å²) < 4.78 is 3.86. The summed E-state index contributed by atoms with van der Waals surface area (Å²) in [6.45, 7) is 0. The largest absolute Gasteiger partial charge is 0.135 e. The minimum atomic E-state index is 1.14. The summed E-state index contributed by atoms with van der Waals surface area (Å²) in [5.74, 6) is 0. The van der Waals surface area contributed by atoms with Crippen LogP contribution < -0.4 is 0 Å². The average molecular weight is 439 g/mol. The van der Waals surface area contributed by atoms with Crippen molar-refractivity contribution in [2.24, 2.45) is 0 Å². The molecule has 1 aromatic heterocycles. The quantitative estimate of drug-likeness (QED) is 0.240. The maximum Gasteiger partial charge on any atom is 0.0434 e. The maximum atomic E-state index is 3.78. The fraction of sp³-hybridized carbons (Fsp3) is 0. The lowest BCUT2D eigenvalue weighted by Gasteiger charge is -2.09. The number of thiophene rings is 1. The molecule has 132 valence electrons. The number of hydrogen-bond donors (Lipinski definition) is 0. The van der Waals surface area contributed by atoms with Gasteiger partial charge in [0.1, 0.15) is 0 Å². The molecule has 5 aromatic carbocycles. The first-order chi connectivity index (χ1) is 13.8. The van der Waals surface area contributed by atoms with Gasteiger partial charge < -0.3 is 0 Å². The van der Waals surface area contributed by atoms with Crippen molar-refractivity contribution in [2.75, 3.05) is 0 Å². The van der Waals surface area contributed by atoms with E-state index >= 15 is 0 Å². The Kier molecular flexibility index (Phi) is 3.59. The third-order valence-electron chi connectivity index (χ3n) is 5.51. The normalized spacial score (nSPS) is 11.8. The molecule has 0 fully saturated rings. The second kappa shape index (κ2) is 6.16. The van der Waals surface area contributed by atoms with E-state index in [1.807, 2.05) is 11.3 Å². The maximum absolute atomic E-state index is 3.78. The highest BCUT2D eigenvalue weighted by molar-refractivity contribution is 9.10. The van der Waals surface area contributed by atoms with Crippen LogP contribution in [0.5, 0.6) is 0 Å². The van der Waals surface area contributed by atoms with Crippen LogP contribution in [0.4, 0.5) is 0 Å². The molecule has 0 unspecified atom stereocenters. The van der Waals surface area contributed by atoms with Crippen LogP contribution in [0.25, 0.3) is 52.8 Å². The second-order valence-corrected chi connectivity index (χ2v) is 9.03. The van der Waals surface area contributed by atoms with Gasteiger partial charge in [-0.25, -0.2) is 0 Å². The van der Waals surface area contributed by atoms with Crippen LogP contribution in [-0.2, 0) is 0 Å². The van der Waals surface area contributed by atoms with Crippen LogP contribution in [0.2, 0.25) is 0 Å². The second-order valence-electron chi connectivity index (χ2n) is 7.12. The van der Waals surface area contributed by atoms with Gasteiger partial charge in [-0.05, 0) is 50.9 Å². The van der Waals surface area contributed by atoms with Crippen molar-refractivity contribution in [3.63, 3.8) is 0 Å². The molecule has 0 N–H and O–H groups in total. The first-order valence-electron chi connectivity index (χ1n) is 9.31. The van der Waals surface area contributed by atoms with Gasteiger partial charge in [-0.1, -0.05) is 88.7 Å². The number of rotatable bonds is 1. The van der Waals surface area contributed by atoms with Crippen LogP contribution in [0.1, 0.15) is 0 Å². The molecule has 0 amide bonds. The number of hydrogen-bond acceptors (Lipinski definition) is 1. The summed E-state index contributed by atoms with van der Waals surface area (Å²) in [4.78, 5) is 0. The molecular formula is C26H15BrS. The summed E-state index contributed by atoms with van der Waals surface area (Å²) in [6.07, 6.45) is 0. The van der Waals surface area contributed by atoms with E-state index in [2.05, 4.69) is 107 Å². The van der Waals surface area contributed by atoms with E-state index < -0.39 is 0 Å². The summed E-state index contributed by atoms with van der Waals surface area (Å²) in [5, 5.41) is 7.85. The monoisotopic (exact) mass is 438 g/mol. The van der Waals surface area contributed by atoms with Crippen LogP contribution in [0.3, 0.4) is 0 Å². The Labute approximate surface area is 175 Å². The lowest BCUT2D eigenvalue weighted by Crippen LogP contribution is -1.82. The predicted molar refractivity (Wildman–Crippen MR) is 127 cm³/mol. The molecule has 6 rings (SSSR count). The van der Waals surface area contributed by atoms with Crippen molar-refractivity contribution < 1.29 is 0 Å². The molecule has 2 heteroatoms. The Morgan fingerprint density at radius 2 is 1.39 bits per heavy atom. The zero-order chi connectivity index (χ0) is 18.7. The third kappa shape index (κ3) is 2.35. The Morgan fingerprint density at radius 1 is 0.607 bits per heavy atom. The zero-order valence-corrected chi connectivity index (χ0v) is 17.3. The van der Waals surface area contributed by atoms with Crippen molar-refractivity contribution >= 4 is 69.0 Å². The molecule has 28 heavy (non-hydrogen) atoms. The Bertz CT molecular complexity index is 1520. The van der Waals surface area contributed by atoms with Crippen LogP contribution in [0, 0.1) is 0 Å². The number of halogens is 1. The standard InChI is InChI=1S/C26H15BrS/c27-23-15-18(14-17-7-2-3-8-19(17)23)20-10-5-11-24-25(20)22-13-12-16-6-1-4-9-21(16)26(22)28-24/h1-15H. The fourth-order valence-electron chi connectivity index (χ4n) is 4.21. The first-order valence-corrected chi connectivity index (χ1v) is 10.9. The van der Waals surface area contributed by atoms with Crippen molar-refractivity contribution in [1.29, 1.82) is 0 Å². The smallest absolute Gasteiger partial charge is 0.0434 e. The molecule has 6 aromatic rings. The van der Waals surface area contributed by atoms with Crippen molar-refractivity contribution in [1.82, 2.24) is 0 Å². The van der Waals surface area contributed by atoms with Gasteiger partial charge in [-0.2, -0.15) is 0 Å². The molecule has 0 aliphatic rings. The molecule has 0 radical (unpaired) electrons. The first kappa shape index (κ1) is 16.3. The number of benzene rings is 5. The Hall–Kier alpha value is -2.68. The predicted octanol–water partition coefficient (Wildman–Crippen LogP) is 8.79. The fourth-order valence-corrected chi connectivity index (χ4v) is 6.09. The van der Waals surface area contributed by atoms with Crippen molar-refractivity contribution in [2.45, 2.75) is 0 Å². The molecular weight excluding hydrogens is 424 g/mol. The highest BCUT2D eigenvalue weighted by Crippen LogP contribution is 2.43. The van der Waals surface area contributed by atoms with E-state index in [1.54, 1.807) is 0 Å². The Balaban J connectivity index is 1.73. The molecule has 0 nitrogen and oxygen atoms in total. The zero-order valence-electron chi connectivity index (χ0n) is 14.9. The van der Waals surface area contributed by atoms with Crippen molar-refractivity contribution in [3.8, 4) is 11.1 Å². The minimum absolute atomic E-state index is 1.14. The van der Waals surface area contributed by atoms with Crippen molar-refractivity contribution in [3.05, 3.63) is 95.5 Å². The summed E-state index contributed by atoms with van der Waals surface area (Å²) >= 11 is 5.68. The van der Waals surface area contributed by atoms with Gasteiger partial charge in [0.15, 0.2) is 0 Å². The van der Waals surface area contributed by atoms with E-state index in [4.69, 9.17) is 0 Å². The molecule has 0 aliphatic heterocycles. The molecule has 1 heterocycles. The minimum Gasteiger partial charge on any atom is -0.135 e. The van der Waals surface area contributed by atoms with Gasteiger partial charge in [0.25, 0.3) is 0 Å². The Morgan fingerprint density at radius 3 is 2.29 bits per heavy atom. The van der Waals surface area contributed by atoms with Gasteiger partial charge in [0.2, 0.25) is 0 Å². The van der Waals surface area contributed by atoms with Crippen LogP contribution >= 0.6 is 27.3 Å². The van der Waals surface area contributed by atoms with E-state index in [1.165, 1.54) is 52.8 Å². The lowest BCUT2D eigenvalue weighted by molar-refractivity contribution is 1.67. The van der Waals surface area contributed by atoms with Gasteiger partial charge in [-0.15, -0.1) is 11.3 Å². The lowest BCUT2D eigenvalue weighted by atomic mass is 9.96. The van der Waals surface area contributed by atoms with Gasteiger partial charge in [0.05, 0.1) is 0 Å². The molecule has 0 bridgehead atoms. The highest BCUT2D eigenvalue weighted by atomic mass is 79.9. The summed E-state index contributed by atoms with van der Waals surface area (Å²) in [6, 6.07) is 33.0. The summed E-state index contributed by atoms with van der Waals surface area (Å²) in [7, 11) is 0. The van der Waals surface area contributed by atoms with E-state index in [0.29, 0.717) is 0 Å². The molecule has 0 atom stereocenters. The molecule has 0 aliphatic carbocycles. The average Bonchev–Trinajstić information content (AvgIpc) is 3.13. The number of fused-ring (bicyclic) bond motifs is 6. The van der Waals surface area contributed by atoms with Gasteiger partial charge in [-0.3, -0.25) is 0 Å².